The van der Waals surface area contributed by atoms with Crippen LogP contribution in [0.25, 0.3) is 0 Å². The van der Waals surface area contributed by atoms with Crippen LogP contribution in [0, 0.1) is 27.2 Å². The number of non-ortho nitro benzene ring substituents is 1. The quantitative estimate of drug-likeness (QED) is 0.438. The van der Waals surface area contributed by atoms with Crippen LogP contribution in [-0.4, -0.2) is 33.3 Å². The summed E-state index contributed by atoms with van der Waals surface area (Å²) in [7, 11) is 0. The number of nitro benzene ring substituents is 2. The van der Waals surface area contributed by atoms with Crippen LogP contribution in [0.1, 0.15) is 12.1 Å². The Morgan fingerprint density at radius 2 is 2.04 bits per heavy atom. The summed E-state index contributed by atoms with van der Waals surface area (Å²) in [5.74, 6) is 0.298. The van der Waals surface area contributed by atoms with Crippen molar-refractivity contribution in [2.75, 3.05) is 18.5 Å². The Bertz CT molecular complexity index is 716. The van der Waals surface area contributed by atoms with Crippen molar-refractivity contribution in [2.24, 2.45) is 0 Å². The van der Waals surface area contributed by atoms with E-state index in [4.69, 9.17) is 4.74 Å². The molecule has 0 radical (unpaired) electrons. The van der Waals surface area contributed by atoms with Crippen molar-refractivity contribution in [3.05, 3.63) is 44.1 Å². The Morgan fingerprint density at radius 1 is 1.26 bits per heavy atom. The second-order valence-electron chi connectivity index (χ2n) is 4.50. The van der Waals surface area contributed by atoms with Crippen LogP contribution in [0.4, 0.5) is 17.1 Å². The summed E-state index contributed by atoms with van der Waals surface area (Å²) >= 11 is 0. The summed E-state index contributed by atoms with van der Waals surface area (Å²) in [6, 6.07) is 3.43. The van der Waals surface area contributed by atoms with Crippen LogP contribution < -0.4 is 10.1 Å². The SMILES string of the molecule is Cc1nonc1OCCCNc1ccc([N+](=O)[O-])cc1[N+](=O)[O-]. The van der Waals surface area contributed by atoms with Gasteiger partial charge in [-0.1, -0.05) is 5.16 Å². The highest BCUT2D eigenvalue weighted by Crippen LogP contribution is 2.28. The van der Waals surface area contributed by atoms with Crippen LogP contribution in [0.2, 0.25) is 0 Å². The van der Waals surface area contributed by atoms with E-state index < -0.39 is 9.85 Å². The molecule has 1 heterocycles. The molecular weight excluding hydrogens is 310 g/mol. The van der Waals surface area contributed by atoms with E-state index in [2.05, 4.69) is 20.3 Å². The molecule has 1 N–H and O–H groups in total. The number of nitrogens with one attached hydrogen (secondary N) is 1. The number of aromatic nitrogens is 2. The number of hydrogen-bond donors (Lipinski definition) is 1. The molecule has 0 saturated carbocycles. The first-order valence-corrected chi connectivity index (χ1v) is 6.57. The predicted molar refractivity (Wildman–Crippen MR) is 77.4 cm³/mol. The van der Waals surface area contributed by atoms with Crippen LogP contribution >= 0.6 is 0 Å². The summed E-state index contributed by atoms with van der Waals surface area (Å²) in [5, 5.41) is 31.6. The van der Waals surface area contributed by atoms with Crippen LogP contribution in [0.3, 0.4) is 0 Å². The second kappa shape index (κ2) is 7.15. The van der Waals surface area contributed by atoms with Gasteiger partial charge >= 0.3 is 0 Å². The maximum Gasteiger partial charge on any atom is 0.299 e. The van der Waals surface area contributed by atoms with Crippen molar-refractivity contribution in [1.29, 1.82) is 0 Å². The first kappa shape index (κ1) is 16.1. The molecule has 0 spiro atoms. The number of rotatable bonds is 8. The minimum atomic E-state index is -0.682. The first-order chi connectivity index (χ1) is 11.0. The number of ether oxygens (including phenoxy) is 1. The fourth-order valence-corrected chi connectivity index (χ4v) is 1.75. The molecule has 122 valence electrons. The summed E-state index contributed by atoms with van der Waals surface area (Å²) < 4.78 is 9.79. The Labute approximate surface area is 129 Å². The maximum atomic E-state index is 11.0. The van der Waals surface area contributed by atoms with Crippen molar-refractivity contribution in [2.45, 2.75) is 13.3 Å². The lowest BCUT2D eigenvalue weighted by atomic mass is 10.2. The molecule has 1 aromatic carbocycles. The van der Waals surface area contributed by atoms with Crippen LogP contribution in [0.5, 0.6) is 5.88 Å². The van der Waals surface area contributed by atoms with Gasteiger partial charge in [0.2, 0.25) is 0 Å². The van der Waals surface area contributed by atoms with Gasteiger partial charge in [-0.2, -0.15) is 0 Å². The summed E-state index contributed by atoms with van der Waals surface area (Å²) in [5.41, 5.74) is 0.0557. The number of hydrogen-bond acceptors (Lipinski definition) is 9. The van der Waals surface area contributed by atoms with E-state index in [-0.39, 0.29) is 17.1 Å². The Hall–Kier alpha value is -3.24. The zero-order valence-corrected chi connectivity index (χ0v) is 12.1. The predicted octanol–water partition coefficient (Wildman–Crippen LogP) is 2.08. The molecule has 11 heteroatoms. The minimum absolute atomic E-state index is 0.208. The third-order valence-electron chi connectivity index (χ3n) is 2.88. The largest absolute Gasteiger partial charge is 0.474 e. The molecule has 0 atom stereocenters. The van der Waals surface area contributed by atoms with E-state index >= 15 is 0 Å². The molecule has 0 saturated heterocycles. The number of anilines is 1. The van der Waals surface area contributed by atoms with Crippen molar-refractivity contribution >= 4 is 17.1 Å². The van der Waals surface area contributed by atoms with Crippen LogP contribution in [-0.2, 0) is 0 Å². The molecule has 0 aliphatic rings. The Balaban J connectivity index is 1.89. The smallest absolute Gasteiger partial charge is 0.299 e. The van der Waals surface area contributed by atoms with Crippen molar-refractivity contribution in [3.63, 3.8) is 0 Å². The molecule has 0 aliphatic heterocycles. The fourth-order valence-electron chi connectivity index (χ4n) is 1.75. The molecule has 0 aliphatic carbocycles. The van der Waals surface area contributed by atoms with E-state index in [9.17, 15) is 20.2 Å². The van der Waals surface area contributed by atoms with Crippen molar-refractivity contribution < 1.29 is 19.2 Å². The fraction of sp³-hybridized carbons (Fsp3) is 0.333. The number of nitrogens with zero attached hydrogens (tertiary/aromatic N) is 4. The van der Waals surface area contributed by atoms with E-state index in [0.717, 1.165) is 6.07 Å². The average molecular weight is 323 g/mol. The van der Waals surface area contributed by atoms with Gasteiger partial charge in [0.05, 0.1) is 22.5 Å². The second-order valence-corrected chi connectivity index (χ2v) is 4.50. The highest BCUT2D eigenvalue weighted by molar-refractivity contribution is 5.65. The Kier molecular flexibility index (Phi) is 5.02. The summed E-state index contributed by atoms with van der Waals surface area (Å²) in [4.78, 5) is 20.3. The molecular formula is C12H13N5O6. The van der Waals surface area contributed by atoms with Gasteiger partial charge in [-0.15, -0.1) is 0 Å². The zero-order valence-electron chi connectivity index (χ0n) is 12.1. The van der Waals surface area contributed by atoms with E-state index in [1.54, 1.807) is 6.92 Å². The third-order valence-corrected chi connectivity index (χ3v) is 2.88. The summed E-state index contributed by atoms with van der Waals surface area (Å²) in [6.45, 7) is 2.37. The van der Waals surface area contributed by atoms with Gasteiger partial charge in [-0.25, -0.2) is 4.63 Å². The average Bonchev–Trinajstić information content (AvgIpc) is 2.92. The molecule has 0 bridgehead atoms. The van der Waals surface area contributed by atoms with Gasteiger partial charge in [0.1, 0.15) is 11.4 Å². The monoisotopic (exact) mass is 323 g/mol. The highest BCUT2D eigenvalue weighted by Gasteiger charge is 2.19. The lowest BCUT2D eigenvalue weighted by Gasteiger charge is -2.07. The molecule has 0 amide bonds. The number of benzene rings is 1. The molecule has 0 unspecified atom stereocenters. The van der Waals surface area contributed by atoms with Gasteiger partial charge in [-0.05, 0) is 24.6 Å². The van der Waals surface area contributed by atoms with Gasteiger partial charge < -0.3 is 10.1 Å². The molecule has 23 heavy (non-hydrogen) atoms. The number of aryl methyl sites for hydroxylation is 1. The molecule has 11 nitrogen and oxygen atoms in total. The summed E-state index contributed by atoms with van der Waals surface area (Å²) in [6.07, 6.45) is 0.528. The maximum absolute atomic E-state index is 11.0. The van der Waals surface area contributed by atoms with E-state index in [1.807, 2.05) is 0 Å². The molecule has 2 aromatic rings. The zero-order chi connectivity index (χ0) is 16.8. The third kappa shape index (κ3) is 4.12. The van der Waals surface area contributed by atoms with Crippen molar-refractivity contribution in [1.82, 2.24) is 10.3 Å². The standard InChI is InChI=1S/C12H13N5O6/c1-8-12(15-23-14-8)22-6-2-5-13-10-4-3-9(16(18)19)7-11(10)17(20)21/h3-4,7,13H,2,5-6H2,1H3. The first-order valence-electron chi connectivity index (χ1n) is 6.57. The van der Waals surface area contributed by atoms with Gasteiger partial charge in [-0.3, -0.25) is 20.2 Å². The van der Waals surface area contributed by atoms with E-state index in [0.29, 0.717) is 31.1 Å². The molecule has 0 fully saturated rings. The van der Waals surface area contributed by atoms with Gasteiger partial charge in [0.15, 0.2) is 0 Å². The van der Waals surface area contributed by atoms with E-state index in [1.165, 1.54) is 12.1 Å². The molecule has 1 aromatic heterocycles. The highest BCUT2D eigenvalue weighted by atomic mass is 16.6. The molecule has 2 rings (SSSR count). The lowest BCUT2D eigenvalue weighted by molar-refractivity contribution is -0.393. The normalized spacial score (nSPS) is 10.3. The van der Waals surface area contributed by atoms with Gasteiger partial charge in [0, 0.05) is 12.6 Å². The Morgan fingerprint density at radius 3 is 2.65 bits per heavy atom. The number of nitro groups is 2. The topological polar surface area (TPSA) is 146 Å². The van der Waals surface area contributed by atoms with Crippen LogP contribution in [0.15, 0.2) is 22.8 Å². The van der Waals surface area contributed by atoms with Crippen molar-refractivity contribution in [3.8, 4) is 5.88 Å². The minimum Gasteiger partial charge on any atom is -0.474 e. The lowest BCUT2D eigenvalue weighted by Crippen LogP contribution is -2.09. The van der Waals surface area contributed by atoms with Gasteiger partial charge in [0.25, 0.3) is 17.3 Å².